The normalized spacial score (nSPS) is 11.5. The van der Waals surface area contributed by atoms with Gasteiger partial charge in [-0.25, -0.2) is 4.98 Å². The number of methoxy groups -OCH3 is 2. The Balaban J connectivity index is 0.000000226. The van der Waals surface area contributed by atoms with Gasteiger partial charge in [0.05, 0.1) is 24.4 Å². The third-order valence-electron chi connectivity index (χ3n) is 6.87. The molecule has 0 radical (unpaired) electrons. The second-order valence-corrected chi connectivity index (χ2v) is 10.9. The van der Waals surface area contributed by atoms with E-state index in [9.17, 15) is 9.90 Å². The van der Waals surface area contributed by atoms with E-state index in [1.165, 1.54) is 23.8 Å². The van der Waals surface area contributed by atoms with Crippen LogP contribution in [0.3, 0.4) is 0 Å². The van der Waals surface area contributed by atoms with Crippen molar-refractivity contribution in [1.29, 1.82) is 0 Å². The topological polar surface area (TPSA) is 89.9 Å². The highest BCUT2D eigenvalue weighted by Gasteiger charge is 2.11. The van der Waals surface area contributed by atoms with Crippen LogP contribution in [0.5, 0.6) is 28.2 Å². The van der Waals surface area contributed by atoms with Gasteiger partial charge in [-0.1, -0.05) is 48.6 Å². The number of nitrogens with one attached hydrogen (secondary N) is 1. The van der Waals surface area contributed by atoms with Crippen LogP contribution in [-0.2, 0) is 4.79 Å². The zero-order chi connectivity index (χ0) is 29.6. The molecule has 0 saturated heterocycles. The maximum absolute atomic E-state index is 11.1. The van der Waals surface area contributed by atoms with Gasteiger partial charge in [-0.3, -0.25) is 4.79 Å². The third-order valence-corrected chi connectivity index (χ3v) is 7.77. The molecule has 6 rings (SSSR count). The smallest absolute Gasteiger partial charge is 0.279 e. The van der Waals surface area contributed by atoms with Gasteiger partial charge < -0.3 is 24.6 Å². The number of hydrogen-bond donors (Lipinski definition) is 2. The first-order chi connectivity index (χ1) is 20.3. The Kier molecular flexibility index (Phi) is 8.74. The van der Waals surface area contributed by atoms with E-state index in [4.69, 9.17) is 14.2 Å². The summed E-state index contributed by atoms with van der Waals surface area (Å²) >= 11 is 1.52. The van der Waals surface area contributed by atoms with E-state index in [0.29, 0.717) is 11.7 Å². The van der Waals surface area contributed by atoms with Crippen molar-refractivity contribution in [2.45, 2.75) is 19.8 Å². The van der Waals surface area contributed by atoms with Gasteiger partial charge in [-0.05, 0) is 93.7 Å². The maximum Gasteiger partial charge on any atom is 0.279 e. The van der Waals surface area contributed by atoms with Crippen LogP contribution in [0.2, 0.25) is 0 Å². The number of benzene rings is 5. The number of amides is 1. The Morgan fingerprint density at radius 1 is 0.810 bits per heavy atom. The van der Waals surface area contributed by atoms with Gasteiger partial charge in [0.1, 0.15) is 23.0 Å². The monoisotopic (exact) mass is 580 g/mol. The first-order valence-electron chi connectivity index (χ1n) is 13.5. The van der Waals surface area contributed by atoms with Crippen LogP contribution in [-0.4, -0.2) is 36.8 Å². The van der Waals surface area contributed by atoms with Crippen LogP contribution >= 0.6 is 11.3 Å². The number of fused-ring (bicyclic) bond motifs is 3. The molecule has 1 atom stereocenters. The van der Waals surface area contributed by atoms with Crippen molar-refractivity contribution >= 4 is 49.0 Å². The molecule has 1 aromatic heterocycles. The van der Waals surface area contributed by atoms with E-state index in [-0.39, 0.29) is 17.6 Å². The number of phenolic OH excluding ortho intramolecular Hbond substituents is 1. The Bertz CT molecular complexity index is 1870. The predicted octanol–water partition coefficient (Wildman–Crippen LogP) is 8.04. The minimum absolute atomic E-state index is 0.0144. The second-order valence-electron chi connectivity index (χ2n) is 9.92. The fraction of sp³-hybridized carbons (Fsp3) is 0.176. The number of ether oxygens (including phenoxy) is 3. The van der Waals surface area contributed by atoms with Gasteiger partial charge >= 0.3 is 0 Å². The Morgan fingerprint density at radius 3 is 2.05 bits per heavy atom. The first kappa shape index (κ1) is 28.7. The fourth-order valence-electron chi connectivity index (χ4n) is 4.52. The molecule has 0 aliphatic rings. The molecule has 214 valence electrons. The largest absolute Gasteiger partial charge is 0.508 e. The van der Waals surface area contributed by atoms with E-state index >= 15 is 0 Å². The number of thiazole rings is 1. The zero-order valence-corrected chi connectivity index (χ0v) is 24.7. The number of aromatic hydroxyl groups is 1. The number of hydrogen-bond acceptors (Lipinski definition) is 7. The molecule has 2 N–H and O–H groups in total. The second kappa shape index (κ2) is 12.8. The summed E-state index contributed by atoms with van der Waals surface area (Å²) in [5, 5.41) is 17.0. The number of carbonyl (C=O) groups is 1. The van der Waals surface area contributed by atoms with Gasteiger partial charge in [-0.2, -0.15) is 0 Å². The SMILES string of the molecule is COc1ccc2ccc(O)cc2c1.COc1ccc2ccc(Oc3nc4ccc(C(C)CNC(C)=O)cc4s3)cc2c1. The Morgan fingerprint density at radius 2 is 1.40 bits per heavy atom. The van der Waals surface area contributed by atoms with Crippen LogP contribution in [0.1, 0.15) is 25.3 Å². The van der Waals surface area contributed by atoms with Crippen molar-refractivity contribution in [1.82, 2.24) is 10.3 Å². The molecule has 7 nitrogen and oxygen atoms in total. The Hall–Kier alpha value is -4.82. The number of aromatic nitrogens is 1. The molecule has 0 aliphatic carbocycles. The lowest BCUT2D eigenvalue weighted by molar-refractivity contribution is -0.119. The van der Waals surface area contributed by atoms with E-state index in [1.54, 1.807) is 26.4 Å². The lowest BCUT2D eigenvalue weighted by Gasteiger charge is -2.11. The highest BCUT2D eigenvalue weighted by molar-refractivity contribution is 7.20. The summed E-state index contributed by atoms with van der Waals surface area (Å²) in [5.41, 5.74) is 2.07. The quantitative estimate of drug-likeness (QED) is 0.199. The molecule has 1 unspecified atom stereocenters. The van der Waals surface area contributed by atoms with Crippen molar-refractivity contribution in [3.8, 4) is 28.2 Å². The minimum Gasteiger partial charge on any atom is -0.508 e. The average molecular weight is 581 g/mol. The van der Waals surface area contributed by atoms with Gasteiger partial charge in [0.2, 0.25) is 5.91 Å². The molecule has 0 bridgehead atoms. The first-order valence-corrected chi connectivity index (χ1v) is 14.3. The van der Waals surface area contributed by atoms with E-state index in [1.807, 2.05) is 66.7 Å². The molecule has 0 saturated carbocycles. The number of carbonyl (C=O) groups excluding carboxylic acids is 1. The highest BCUT2D eigenvalue weighted by Crippen LogP contribution is 2.34. The van der Waals surface area contributed by atoms with Gasteiger partial charge in [0.15, 0.2) is 0 Å². The molecule has 1 heterocycles. The molecule has 1 amide bonds. The number of phenols is 1. The van der Waals surface area contributed by atoms with Crippen LogP contribution in [0, 0.1) is 0 Å². The van der Waals surface area contributed by atoms with E-state index < -0.39 is 0 Å². The molecule has 6 aromatic rings. The summed E-state index contributed by atoms with van der Waals surface area (Å²) in [6.45, 7) is 4.24. The van der Waals surface area contributed by atoms with Crippen LogP contribution in [0.4, 0.5) is 0 Å². The zero-order valence-electron chi connectivity index (χ0n) is 23.9. The van der Waals surface area contributed by atoms with Crippen LogP contribution in [0.15, 0.2) is 91.0 Å². The van der Waals surface area contributed by atoms with Crippen molar-refractivity contribution < 1.29 is 24.1 Å². The molecular weight excluding hydrogens is 548 g/mol. The summed E-state index contributed by atoms with van der Waals surface area (Å²) in [4.78, 5) is 15.7. The van der Waals surface area contributed by atoms with E-state index in [0.717, 1.165) is 49.0 Å². The van der Waals surface area contributed by atoms with Gasteiger partial charge in [0.25, 0.3) is 5.19 Å². The summed E-state index contributed by atoms with van der Waals surface area (Å²) in [6.07, 6.45) is 0. The van der Waals surface area contributed by atoms with Crippen LogP contribution in [0.25, 0.3) is 31.8 Å². The van der Waals surface area contributed by atoms with Crippen molar-refractivity contribution in [2.75, 3.05) is 20.8 Å². The van der Waals surface area contributed by atoms with Crippen molar-refractivity contribution in [3.63, 3.8) is 0 Å². The molecule has 0 spiro atoms. The summed E-state index contributed by atoms with van der Waals surface area (Å²) in [7, 11) is 3.29. The minimum atomic E-state index is -0.0144. The van der Waals surface area contributed by atoms with Crippen molar-refractivity contribution in [2.24, 2.45) is 0 Å². The summed E-state index contributed by atoms with van der Waals surface area (Å²) in [6, 6.07) is 29.1. The van der Waals surface area contributed by atoms with Crippen LogP contribution < -0.4 is 19.5 Å². The fourth-order valence-corrected chi connectivity index (χ4v) is 5.40. The third kappa shape index (κ3) is 6.90. The lowest BCUT2D eigenvalue weighted by Crippen LogP contribution is -2.24. The van der Waals surface area contributed by atoms with Gasteiger partial charge in [-0.15, -0.1) is 0 Å². The number of nitrogens with zero attached hydrogens (tertiary/aromatic N) is 1. The molecule has 5 aromatic carbocycles. The average Bonchev–Trinajstić information content (AvgIpc) is 3.40. The standard InChI is InChI=1S/C23H22N2O3S.C11H10O2/c1-14(13-24-15(2)26)17-6-9-21-22(12-17)29-23(25-21)28-20-8-5-16-4-7-19(27-3)10-18(16)11-20;1-13-11-5-3-8-2-4-10(12)6-9(8)7-11/h4-12,14H,13H2,1-3H3,(H,24,26);2-7,12H,1H3. The highest BCUT2D eigenvalue weighted by atomic mass is 32.1. The molecule has 0 aliphatic heterocycles. The van der Waals surface area contributed by atoms with Gasteiger partial charge in [0, 0.05) is 13.5 Å². The summed E-state index contributed by atoms with van der Waals surface area (Å²) < 4.78 is 17.5. The maximum atomic E-state index is 11.1. The Labute approximate surface area is 248 Å². The molecule has 8 heteroatoms. The number of rotatable bonds is 7. The molecule has 42 heavy (non-hydrogen) atoms. The molecule has 0 fully saturated rings. The van der Waals surface area contributed by atoms with E-state index in [2.05, 4.69) is 29.4 Å². The van der Waals surface area contributed by atoms with Crippen molar-refractivity contribution in [3.05, 3.63) is 96.6 Å². The molecular formula is C34H32N2O5S. The lowest BCUT2D eigenvalue weighted by atomic mass is 10.0. The predicted molar refractivity (Wildman–Crippen MR) is 169 cm³/mol. The summed E-state index contributed by atoms with van der Waals surface area (Å²) in [5.74, 6) is 2.85.